The molecule has 0 saturated heterocycles. The number of hydrogen-bond acceptors (Lipinski definition) is 8. The van der Waals surface area contributed by atoms with Crippen LogP contribution in [0.3, 0.4) is 0 Å². The number of nitrogens with zero attached hydrogens (tertiary/aromatic N) is 4. The van der Waals surface area contributed by atoms with Gasteiger partial charge in [0.25, 0.3) is 5.91 Å². The molecule has 0 spiro atoms. The zero-order valence-electron chi connectivity index (χ0n) is 17.2. The summed E-state index contributed by atoms with van der Waals surface area (Å²) in [6.07, 6.45) is 0. The van der Waals surface area contributed by atoms with E-state index in [0.717, 1.165) is 21.5 Å². The quantitative estimate of drug-likeness (QED) is 0.433. The van der Waals surface area contributed by atoms with Crippen LogP contribution >= 0.6 is 11.3 Å². The predicted octanol–water partition coefficient (Wildman–Crippen LogP) is 3.96. The Hall–Kier alpha value is -3.72. The third-order valence-corrected chi connectivity index (χ3v) is 5.58. The van der Waals surface area contributed by atoms with Crippen LogP contribution in [0.5, 0.6) is 17.6 Å². The Morgan fingerprint density at radius 2 is 1.74 bits per heavy atom. The van der Waals surface area contributed by atoms with Crippen molar-refractivity contribution in [3.05, 3.63) is 65.9 Å². The van der Waals surface area contributed by atoms with E-state index in [4.69, 9.17) is 14.2 Å². The molecule has 8 nitrogen and oxygen atoms in total. The Morgan fingerprint density at radius 3 is 2.45 bits per heavy atom. The maximum Gasteiger partial charge on any atom is 0.320 e. The number of methoxy groups -OCH3 is 3. The van der Waals surface area contributed by atoms with Crippen molar-refractivity contribution < 1.29 is 19.0 Å². The highest BCUT2D eigenvalue weighted by Gasteiger charge is 2.24. The van der Waals surface area contributed by atoms with E-state index >= 15 is 0 Å². The first kappa shape index (κ1) is 20.5. The second-order valence-electron chi connectivity index (χ2n) is 6.49. The normalized spacial score (nSPS) is 10.7. The van der Waals surface area contributed by atoms with E-state index in [1.807, 2.05) is 48.5 Å². The molecular formula is C22H20N4O4S. The minimum absolute atomic E-state index is 0.0522. The van der Waals surface area contributed by atoms with E-state index in [0.29, 0.717) is 11.7 Å². The molecule has 2 aromatic carbocycles. The van der Waals surface area contributed by atoms with Crippen molar-refractivity contribution in [2.75, 3.05) is 26.2 Å². The molecule has 0 unspecified atom stereocenters. The van der Waals surface area contributed by atoms with Crippen LogP contribution in [-0.2, 0) is 6.54 Å². The molecule has 2 aromatic heterocycles. The average Bonchev–Trinajstić information content (AvgIpc) is 3.25. The summed E-state index contributed by atoms with van der Waals surface area (Å²) in [5.41, 5.74) is 1.89. The van der Waals surface area contributed by atoms with Gasteiger partial charge in [-0.1, -0.05) is 41.7 Å². The van der Waals surface area contributed by atoms with Gasteiger partial charge in [-0.05, 0) is 23.8 Å². The Labute approximate surface area is 183 Å². The van der Waals surface area contributed by atoms with Crippen molar-refractivity contribution >= 4 is 32.6 Å². The van der Waals surface area contributed by atoms with Crippen molar-refractivity contribution in [3.8, 4) is 17.6 Å². The van der Waals surface area contributed by atoms with Gasteiger partial charge in [0.05, 0.1) is 38.1 Å². The van der Waals surface area contributed by atoms with Crippen molar-refractivity contribution in [1.29, 1.82) is 0 Å². The van der Waals surface area contributed by atoms with E-state index in [1.165, 1.54) is 31.6 Å². The lowest BCUT2D eigenvalue weighted by molar-refractivity contribution is 0.0978. The lowest BCUT2D eigenvalue weighted by Crippen LogP contribution is -2.31. The standard InChI is InChI=1S/C22H20N4O4S/c1-28-15-9-10-16-18(11-15)31-22(24-16)26(13-14-7-5-4-6-8-14)20(27)17-12-19(29-2)25-21(23-17)30-3/h4-12H,13H2,1-3H3. The molecule has 0 saturated carbocycles. The topological polar surface area (TPSA) is 86.7 Å². The lowest BCUT2D eigenvalue weighted by atomic mass is 10.2. The first-order valence-electron chi connectivity index (χ1n) is 9.38. The minimum Gasteiger partial charge on any atom is -0.497 e. The van der Waals surface area contributed by atoms with Crippen LogP contribution in [0.4, 0.5) is 5.13 Å². The molecule has 0 aliphatic rings. The first-order valence-corrected chi connectivity index (χ1v) is 10.2. The third kappa shape index (κ3) is 4.41. The molecule has 4 rings (SSSR count). The second-order valence-corrected chi connectivity index (χ2v) is 7.50. The van der Waals surface area contributed by atoms with Crippen LogP contribution in [0.2, 0.25) is 0 Å². The fraction of sp³-hybridized carbons (Fsp3) is 0.182. The molecule has 0 N–H and O–H groups in total. The molecule has 0 aliphatic carbocycles. The number of thiazole rings is 1. The van der Waals surface area contributed by atoms with Crippen molar-refractivity contribution in [2.45, 2.75) is 6.54 Å². The number of carbonyl (C=O) groups is 1. The minimum atomic E-state index is -0.339. The maximum absolute atomic E-state index is 13.6. The SMILES string of the molecule is COc1ccc2nc(N(Cc3ccccc3)C(=O)c3cc(OC)nc(OC)n3)sc2c1. The summed E-state index contributed by atoms with van der Waals surface area (Å²) in [7, 11) is 4.52. The summed E-state index contributed by atoms with van der Waals surface area (Å²) in [6.45, 7) is 0.325. The third-order valence-electron chi connectivity index (χ3n) is 4.54. The molecule has 2 heterocycles. The van der Waals surface area contributed by atoms with Crippen LogP contribution in [0.15, 0.2) is 54.6 Å². The number of benzene rings is 2. The van der Waals surface area contributed by atoms with Crippen molar-refractivity contribution in [2.24, 2.45) is 0 Å². The molecule has 0 atom stereocenters. The van der Waals surface area contributed by atoms with Crippen molar-refractivity contribution in [1.82, 2.24) is 15.0 Å². The van der Waals surface area contributed by atoms with Gasteiger partial charge in [0, 0.05) is 6.07 Å². The van der Waals surface area contributed by atoms with Gasteiger partial charge in [-0.15, -0.1) is 0 Å². The number of ether oxygens (including phenoxy) is 3. The summed E-state index contributed by atoms with van der Waals surface area (Å²) in [4.78, 5) is 28.1. The van der Waals surface area contributed by atoms with Gasteiger partial charge in [-0.2, -0.15) is 9.97 Å². The first-order chi connectivity index (χ1) is 15.1. The molecule has 31 heavy (non-hydrogen) atoms. The highest BCUT2D eigenvalue weighted by Crippen LogP contribution is 2.33. The molecule has 9 heteroatoms. The number of anilines is 1. The lowest BCUT2D eigenvalue weighted by Gasteiger charge is -2.20. The van der Waals surface area contributed by atoms with E-state index in [2.05, 4.69) is 15.0 Å². The highest BCUT2D eigenvalue weighted by molar-refractivity contribution is 7.22. The summed E-state index contributed by atoms with van der Waals surface area (Å²) in [5, 5.41) is 0.550. The van der Waals surface area contributed by atoms with Crippen LogP contribution in [0.1, 0.15) is 16.1 Å². The van der Waals surface area contributed by atoms with Crippen LogP contribution < -0.4 is 19.1 Å². The molecule has 1 amide bonds. The fourth-order valence-electron chi connectivity index (χ4n) is 2.98. The van der Waals surface area contributed by atoms with Gasteiger partial charge in [-0.25, -0.2) is 4.98 Å². The van der Waals surface area contributed by atoms with Crippen LogP contribution in [-0.4, -0.2) is 42.2 Å². The van der Waals surface area contributed by atoms with Gasteiger partial charge in [0.15, 0.2) is 5.13 Å². The van der Waals surface area contributed by atoms with Gasteiger partial charge in [0.2, 0.25) is 5.88 Å². The Bertz CT molecular complexity index is 1190. The predicted molar refractivity (Wildman–Crippen MR) is 118 cm³/mol. The van der Waals surface area contributed by atoms with E-state index in [-0.39, 0.29) is 23.5 Å². The van der Waals surface area contributed by atoms with Gasteiger partial charge in [-0.3, -0.25) is 9.69 Å². The Balaban J connectivity index is 1.78. The monoisotopic (exact) mass is 436 g/mol. The van der Waals surface area contributed by atoms with Gasteiger partial charge < -0.3 is 14.2 Å². The highest BCUT2D eigenvalue weighted by atomic mass is 32.1. The Kier molecular flexibility index (Phi) is 5.94. The van der Waals surface area contributed by atoms with Crippen LogP contribution in [0, 0.1) is 0 Å². The molecule has 158 valence electrons. The van der Waals surface area contributed by atoms with Crippen molar-refractivity contribution in [3.63, 3.8) is 0 Å². The number of amides is 1. The number of fused-ring (bicyclic) bond motifs is 1. The molecule has 0 fully saturated rings. The largest absolute Gasteiger partial charge is 0.497 e. The number of carbonyl (C=O) groups excluding carboxylic acids is 1. The second kappa shape index (κ2) is 8.97. The maximum atomic E-state index is 13.6. The van der Waals surface area contributed by atoms with E-state index in [1.54, 1.807) is 12.0 Å². The smallest absolute Gasteiger partial charge is 0.320 e. The van der Waals surface area contributed by atoms with Gasteiger partial charge >= 0.3 is 6.01 Å². The van der Waals surface area contributed by atoms with E-state index in [9.17, 15) is 4.79 Å². The van der Waals surface area contributed by atoms with Gasteiger partial charge in [0.1, 0.15) is 11.4 Å². The summed E-state index contributed by atoms with van der Waals surface area (Å²) in [5.74, 6) is 0.631. The Morgan fingerprint density at radius 1 is 0.935 bits per heavy atom. The molecular weight excluding hydrogens is 416 g/mol. The summed E-state index contributed by atoms with van der Waals surface area (Å²) >= 11 is 1.41. The number of aromatic nitrogens is 3. The summed E-state index contributed by atoms with van der Waals surface area (Å²) < 4.78 is 16.5. The molecule has 0 bridgehead atoms. The number of rotatable bonds is 7. The fourth-order valence-corrected chi connectivity index (χ4v) is 3.97. The molecule has 0 aliphatic heterocycles. The zero-order chi connectivity index (χ0) is 21.8. The summed E-state index contributed by atoms with van der Waals surface area (Å²) in [6, 6.07) is 16.9. The zero-order valence-corrected chi connectivity index (χ0v) is 18.0. The molecule has 0 radical (unpaired) electrons. The van der Waals surface area contributed by atoms with E-state index < -0.39 is 0 Å². The van der Waals surface area contributed by atoms with Crippen LogP contribution in [0.25, 0.3) is 10.2 Å². The average molecular weight is 436 g/mol. The number of hydrogen-bond donors (Lipinski definition) is 0. The molecule has 4 aromatic rings.